The van der Waals surface area contributed by atoms with E-state index in [0.717, 1.165) is 35.2 Å². The Kier molecular flexibility index (Phi) is 6.95. The first-order valence-electron chi connectivity index (χ1n) is 8.84. The second-order valence-corrected chi connectivity index (χ2v) is 8.22. The van der Waals surface area contributed by atoms with Crippen LogP contribution >= 0.6 is 23.1 Å². The van der Waals surface area contributed by atoms with Crippen LogP contribution in [0.15, 0.2) is 34.8 Å². The van der Waals surface area contributed by atoms with Gasteiger partial charge in [-0.05, 0) is 32.0 Å². The van der Waals surface area contributed by atoms with Crippen LogP contribution < -0.4 is 5.32 Å². The van der Waals surface area contributed by atoms with Gasteiger partial charge in [0.1, 0.15) is 0 Å². The van der Waals surface area contributed by atoms with E-state index in [-0.39, 0.29) is 34.7 Å². The lowest BCUT2D eigenvalue weighted by atomic mass is 10.2. The van der Waals surface area contributed by atoms with E-state index in [2.05, 4.69) is 20.6 Å². The normalized spacial score (nSPS) is 11.4. The summed E-state index contributed by atoms with van der Waals surface area (Å²) in [7, 11) is 0. The van der Waals surface area contributed by atoms with Crippen LogP contribution in [-0.2, 0) is 15.7 Å². The maximum atomic E-state index is 13.0. The molecule has 1 amide bonds. The number of carbonyl (C=O) groups is 2. The molecule has 3 rings (SSSR count). The molecule has 0 aliphatic heterocycles. The number of hydrogen-bond donors (Lipinski definition) is 1. The van der Waals surface area contributed by atoms with Crippen molar-refractivity contribution in [3.05, 3.63) is 47.3 Å². The van der Waals surface area contributed by atoms with Crippen molar-refractivity contribution < 1.29 is 27.5 Å². The molecular weight excluding hydrogens is 455 g/mol. The number of benzene rings is 1. The summed E-state index contributed by atoms with van der Waals surface area (Å²) in [6.07, 6.45) is -3.22. The zero-order valence-electron chi connectivity index (χ0n) is 16.3. The summed E-state index contributed by atoms with van der Waals surface area (Å²) < 4.78 is 45.5. The summed E-state index contributed by atoms with van der Waals surface area (Å²) in [5.74, 6) is -0.848. The second kappa shape index (κ2) is 9.47. The van der Waals surface area contributed by atoms with E-state index >= 15 is 0 Å². The van der Waals surface area contributed by atoms with E-state index in [1.54, 1.807) is 13.8 Å². The number of alkyl halides is 3. The molecule has 0 fully saturated rings. The van der Waals surface area contributed by atoms with E-state index in [4.69, 9.17) is 4.74 Å². The number of anilines is 1. The molecule has 164 valence electrons. The Morgan fingerprint density at radius 3 is 2.77 bits per heavy atom. The first-order chi connectivity index (χ1) is 14.7. The smallest absolute Gasteiger partial charge is 0.416 e. The molecule has 8 nitrogen and oxygen atoms in total. The number of amides is 1. The maximum Gasteiger partial charge on any atom is 0.416 e. The Labute approximate surface area is 182 Å². The number of hydrogen-bond acceptors (Lipinski definition) is 8. The fourth-order valence-corrected chi connectivity index (χ4v) is 4.06. The summed E-state index contributed by atoms with van der Waals surface area (Å²) in [4.78, 5) is 24.0. The van der Waals surface area contributed by atoms with Gasteiger partial charge in [-0.15, -0.1) is 10.2 Å². The lowest BCUT2D eigenvalue weighted by Crippen LogP contribution is -2.13. The van der Waals surface area contributed by atoms with Gasteiger partial charge >= 0.3 is 12.1 Å². The average Bonchev–Trinajstić information content (AvgIpc) is 3.32. The van der Waals surface area contributed by atoms with Crippen LogP contribution in [0.5, 0.6) is 0 Å². The quantitative estimate of drug-likeness (QED) is 0.316. The minimum atomic E-state index is -4.49. The highest BCUT2D eigenvalue weighted by Crippen LogP contribution is 2.31. The van der Waals surface area contributed by atoms with Crippen molar-refractivity contribution in [2.24, 2.45) is 0 Å². The van der Waals surface area contributed by atoms with Gasteiger partial charge in [-0.3, -0.25) is 14.9 Å². The van der Waals surface area contributed by atoms with Crippen molar-refractivity contribution in [2.75, 3.05) is 17.7 Å². The van der Waals surface area contributed by atoms with Crippen LogP contribution in [0.25, 0.3) is 5.69 Å². The van der Waals surface area contributed by atoms with Crippen molar-refractivity contribution in [3.63, 3.8) is 0 Å². The number of carbonyl (C=O) groups excluding carboxylic acids is 2. The molecule has 0 unspecified atom stereocenters. The molecule has 0 aliphatic carbocycles. The summed E-state index contributed by atoms with van der Waals surface area (Å²) in [5.41, 5.74) is -0.0980. The zero-order valence-corrected chi connectivity index (χ0v) is 17.9. The van der Waals surface area contributed by atoms with Gasteiger partial charge in [0.2, 0.25) is 5.13 Å². The topological polar surface area (TPSA) is 99.0 Å². The molecular formula is C18H16F3N5O3S2. The highest BCUT2D eigenvalue weighted by atomic mass is 32.2. The number of aromatic nitrogens is 4. The molecule has 31 heavy (non-hydrogen) atoms. The number of ether oxygens (including phenoxy) is 1. The van der Waals surface area contributed by atoms with Gasteiger partial charge in [0.15, 0.2) is 4.34 Å². The van der Waals surface area contributed by atoms with E-state index in [1.807, 2.05) is 0 Å². The lowest BCUT2D eigenvalue weighted by Gasteiger charge is -2.10. The van der Waals surface area contributed by atoms with E-state index in [1.165, 1.54) is 23.0 Å². The third-order valence-corrected chi connectivity index (χ3v) is 5.86. The van der Waals surface area contributed by atoms with Crippen molar-refractivity contribution >= 4 is 40.1 Å². The predicted octanol–water partition coefficient (Wildman–Crippen LogP) is 3.96. The van der Waals surface area contributed by atoms with Gasteiger partial charge in [0.05, 0.1) is 41.1 Å². The molecule has 0 atom stereocenters. The number of nitrogens with zero attached hydrogens (tertiary/aromatic N) is 4. The second-order valence-electron chi connectivity index (χ2n) is 6.02. The highest BCUT2D eigenvalue weighted by Gasteiger charge is 2.30. The number of esters is 1. The molecule has 2 aromatic heterocycles. The van der Waals surface area contributed by atoms with Crippen LogP contribution in [0, 0.1) is 6.92 Å². The molecule has 0 aliphatic rings. The molecule has 0 spiro atoms. The van der Waals surface area contributed by atoms with Gasteiger partial charge in [-0.25, -0.2) is 4.68 Å². The highest BCUT2D eigenvalue weighted by molar-refractivity contribution is 8.01. The third-order valence-electron chi connectivity index (χ3n) is 3.92. The van der Waals surface area contributed by atoms with Crippen molar-refractivity contribution in [1.82, 2.24) is 20.0 Å². The zero-order chi connectivity index (χ0) is 22.6. The summed E-state index contributed by atoms with van der Waals surface area (Å²) in [6.45, 7) is 3.56. The van der Waals surface area contributed by atoms with Crippen molar-refractivity contribution in [2.45, 2.75) is 24.4 Å². The Balaban J connectivity index is 1.71. The van der Waals surface area contributed by atoms with Crippen LogP contribution in [-0.4, -0.2) is 44.2 Å². The number of thioether (sulfide) groups is 1. The summed E-state index contributed by atoms with van der Waals surface area (Å²) >= 11 is 2.21. The Morgan fingerprint density at radius 1 is 1.29 bits per heavy atom. The Morgan fingerprint density at radius 2 is 2.06 bits per heavy atom. The van der Waals surface area contributed by atoms with E-state index < -0.39 is 17.6 Å². The minimum Gasteiger partial charge on any atom is -0.465 e. The van der Waals surface area contributed by atoms with Gasteiger partial charge in [-0.2, -0.15) is 18.3 Å². The van der Waals surface area contributed by atoms with Crippen LogP contribution in [0.2, 0.25) is 0 Å². The summed E-state index contributed by atoms with van der Waals surface area (Å²) in [5, 5.41) is 14.6. The number of halogens is 3. The van der Waals surface area contributed by atoms with Crippen LogP contribution in [0.3, 0.4) is 0 Å². The molecule has 1 aromatic carbocycles. The monoisotopic (exact) mass is 471 g/mol. The van der Waals surface area contributed by atoms with Gasteiger partial charge < -0.3 is 4.74 Å². The average molecular weight is 471 g/mol. The number of rotatable bonds is 7. The minimum absolute atomic E-state index is 0.0687. The first kappa shape index (κ1) is 22.7. The maximum absolute atomic E-state index is 13.0. The largest absolute Gasteiger partial charge is 0.465 e. The van der Waals surface area contributed by atoms with Gasteiger partial charge in [-0.1, -0.05) is 29.2 Å². The SMILES string of the molecule is CCOC(=O)CSc1nnc(NC(=O)c2cnn(-c3cccc(C(F)(F)F)c3)c2C)s1. The molecule has 2 heterocycles. The standard InChI is InChI=1S/C18H16F3N5O3S2/c1-3-29-14(27)9-30-17-25-24-16(31-17)23-15(28)13-8-22-26(10(13)2)12-6-4-5-11(7-12)18(19,20)21/h4-8H,3,9H2,1-2H3,(H,23,24,28). The van der Waals surface area contributed by atoms with E-state index in [0.29, 0.717) is 10.0 Å². The summed E-state index contributed by atoms with van der Waals surface area (Å²) in [6, 6.07) is 4.66. The Hall–Kier alpha value is -2.93. The lowest BCUT2D eigenvalue weighted by molar-refractivity contribution is -0.140. The van der Waals surface area contributed by atoms with Crippen molar-refractivity contribution in [3.8, 4) is 5.69 Å². The van der Waals surface area contributed by atoms with Crippen LogP contribution in [0.1, 0.15) is 28.5 Å². The van der Waals surface area contributed by atoms with Gasteiger partial charge in [0.25, 0.3) is 5.91 Å². The predicted molar refractivity (Wildman–Crippen MR) is 109 cm³/mol. The van der Waals surface area contributed by atoms with Gasteiger partial charge in [0, 0.05) is 0 Å². The Bertz CT molecular complexity index is 1100. The fourth-order valence-electron chi connectivity index (χ4n) is 2.51. The van der Waals surface area contributed by atoms with E-state index in [9.17, 15) is 22.8 Å². The molecule has 0 saturated carbocycles. The fraction of sp³-hybridized carbons (Fsp3) is 0.278. The van der Waals surface area contributed by atoms with Crippen molar-refractivity contribution in [1.29, 1.82) is 0 Å². The third kappa shape index (κ3) is 5.61. The molecule has 0 saturated heterocycles. The number of nitrogens with one attached hydrogen (secondary N) is 1. The molecule has 13 heteroatoms. The first-order valence-corrected chi connectivity index (χ1v) is 10.6. The van der Waals surface area contributed by atoms with Crippen LogP contribution in [0.4, 0.5) is 18.3 Å². The molecule has 0 bridgehead atoms. The molecule has 3 aromatic rings. The molecule has 0 radical (unpaired) electrons. The molecule has 1 N–H and O–H groups in total.